The topological polar surface area (TPSA) is 99.8 Å². The van der Waals surface area contributed by atoms with Gasteiger partial charge in [0.1, 0.15) is 11.4 Å². The van der Waals surface area contributed by atoms with E-state index in [1.807, 2.05) is 0 Å². The maximum absolute atomic E-state index is 13.4. The van der Waals surface area contributed by atoms with Crippen LogP contribution in [0.25, 0.3) is 5.65 Å². The normalized spacial score (nSPS) is 23.2. The average molecular weight is 458 g/mol. The van der Waals surface area contributed by atoms with Gasteiger partial charge in [-0.2, -0.15) is 9.61 Å². The summed E-state index contributed by atoms with van der Waals surface area (Å²) >= 11 is 6.17. The molecule has 32 heavy (non-hydrogen) atoms. The van der Waals surface area contributed by atoms with Gasteiger partial charge < -0.3 is 15.3 Å². The Labute approximate surface area is 188 Å². The maximum atomic E-state index is 13.4. The summed E-state index contributed by atoms with van der Waals surface area (Å²) in [6, 6.07) is 5.39. The number of carbonyl (C=O) groups excluding carboxylic acids is 2. The Hall–Kier alpha value is -3.20. The van der Waals surface area contributed by atoms with E-state index < -0.39 is 11.2 Å². The number of hydrogen-bond acceptors (Lipinski definition) is 5. The first-order valence-electron chi connectivity index (χ1n) is 10.5. The van der Waals surface area contributed by atoms with Gasteiger partial charge in [0.05, 0.1) is 22.3 Å². The molecule has 2 fully saturated rings. The lowest BCUT2D eigenvalue weighted by Gasteiger charge is -2.36. The number of aromatic nitrogens is 3. The Balaban J connectivity index is 1.25. The smallest absolute Gasteiger partial charge is 0.256 e. The molecule has 3 heterocycles. The van der Waals surface area contributed by atoms with Crippen molar-refractivity contribution < 1.29 is 19.1 Å². The Morgan fingerprint density at radius 1 is 1.25 bits per heavy atom. The van der Waals surface area contributed by atoms with E-state index in [9.17, 15) is 19.1 Å². The molecule has 1 aliphatic heterocycles. The van der Waals surface area contributed by atoms with Crippen LogP contribution < -0.4 is 10.2 Å². The van der Waals surface area contributed by atoms with E-state index in [4.69, 9.17) is 11.6 Å². The average Bonchev–Trinajstić information content (AvgIpc) is 3.34. The van der Waals surface area contributed by atoms with E-state index in [2.05, 4.69) is 15.4 Å². The largest absolute Gasteiger partial charge is 0.493 e. The number of nitrogens with one attached hydrogen (secondary N) is 1. The van der Waals surface area contributed by atoms with Gasteiger partial charge in [-0.25, -0.2) is 9.37 Å². The molecule has 1 spiro atoms. The fraction of sp³-hybridized carbons (Fsp3) is 0.364. The van der Waals surface area contributed by atoms with Crippen LogP contribution in [0.3, 0.4) is 0 Å². The van der Waals surface area contributed by atoms with Crippen molar-refractivity contribution >= 4 is 34.7 Å². The van der Waals surface area contributed by atoms with Gasteiger partial charge >= 0.3 is 0 Å². The molecular formula is C22H21ClFN5O3. The number of rotatable bonds is 3. The predicted octanol–water partition coefficient (Wildman–Crippen LogP) is 3.32. The van der Waals surface area contributed by atoms with Crippen molar-refractivity contribution in [2.75, 3.05) is 11.4 Å². The fourth-order valence-corrected chi connectivity index (χ4v) is 5.10. The molecule has 1 saturated carbocycles. The molecule has 1 saturated heterocycles. The van der Waals surface area contributed by atoms with Crippen LogP contribution in [0.1, 0.15) is 42.5 Å². The van der Waals surface area contributed by atoms with Crippen LogP contribution in [0.4, 0.5) is 10.1 Å². The minimum absolute atomic E-state index is 0.0121. The van der Waals surface area contributed by atoms with Gasteiger partial charge in [-0.15, -0.1) is 0 Å². The number of nitrogens with zero attached hydrogens (tertiary/aromatic N) is 4. The third-order valence-electron chi connectivity index (χ3n) is 6.62. The predicted molar refractivity (Wildman–Crippen MR) is 115 cm³/mol. The van der Waals surface area contributed by atoms with Crippen molar-refractivity contribution in [3.05, 3.63) is 53.1 Å². The van der Waals surface area contributed by atoms with Crippen LogP contribution in [0.15, 0.2) is 36.7 Å². The Bertz CT molecular complexity index is 1220. The first-order valence-corrected chi connectivity index (χ1v) is 10.9. The zero-order valence-corrected chi connectivity index (χ0v) is 17.8. The lowest BCUT2D eigenvalue weighted by atomic mass is 9.71. The molecule has 0 bridgehead atoms. The monoisotopic (exact) mass is 457 g/mol. The number of fused-ring (bicyclic) bond motifs is 1. The molecule has 0 radical (unpaired) electrons. The molecule has 10 heteroatoms. The number of anilines is 1. The molecule has 166 valence electrons. The van der Waals surface area contributed by atoms with Crippen LogP contribution in [0.2, 0.25) is 5.02 Å². The van der Waals surface area contributed by atoms with Gasteiger partial charge in [-0.1, -0.05) is 11.6 Å². The second-order valence-corrected chi connectivity index (χ2v) is 8.83. The quantitative estimate of drug-likeness (QED) is 0.628. The van der Waals surface area contributed by atoms with E-state index in [1.54, 1.807) is 11.0 Å². The third-order valence-corrected chi connectivity index (χ3v) is 6.92. The van der Waals surface area contributed by atoms with Crippen LogP contribution >= 0.6 is 11.6 Å². The Kier molecular flexibility index (Phi) is 5.00. The Morgan fingerprint density at radius 2 is 2.03 bits per heavy atom. The summed E-state index contributed by atoms with van der Waals surface area (Å²) in [5.41, 5.74) is 0.633. The summed E-state index contributed by atoms with van der Waals surface area (Å²) in [5.74, 6) is -0.832. The first kappa shape index (κ1) is 20.7. The van der Waals surface area contributed by atoms with E-state index >= 15 is 0 Å². The minimum Gasteiger partial charge on any atom is -0.493 e. The second-order valence-electron chi connectivity index (χ2n) is 8.43. The molecule has 2 aliphatic rings. The van der Waals surface area contributed by atoms with E-state index in [0.717, 1.165) is 0 Å². The lowest BCUT2D eigenvalue weighted by molar-refractivity contribution is -0.127. The summed E-state index contributed by atoms with van der Waals surface area (Å²) in [4.78, 5) is 31.8. The molecule has 0 atom stereocenters. The molecule has 1 aromatic carbocycles. The Morgan fingerprint density at radius 3 is 2.78 bits per heavy atom. The van der Waals surface area contributed by atoms with Gasteiger partial charge in [-0.05, 0) is 50.3 Å². The van der Waals surface area contributed by atoms with E-state index in [0.29, 0.717) is 44.3 Å². The standard InChI is InChI=1S/C22H21ClFN5O3/c23-16-11-13(24)1-2-17(16)28-10-8-22(21(28)32)6-3-14(4-7-22)27-20(31)15-12-26-29-18(30)5-9-25-19(15)29/h1-2,5,9,11-12,14,30H,3-4,6-8,10H2,(H,27,31). The number of hydrogen-bond donors (Lipinski definition) is 2. The number of carbonyl (C=O) groups is 2. The molecule has 1 aliphatic carbocycles. The van der Waals surface area contributed by atoms with Gasteiger partial charge in [0.25, 0.3) is 5.91 Å². The summed E-state index contributed by atoms with van der Waals surface area (Å²) < 4.78 is 14.6. The molecular weight excluding hydrogens is 437 g/mol. The minimum atomic E-state index is -0.475. The van der Waals surface area contributed by atoms with Crippen LogP contribution in [0, 0.1) is 11.2 Å². The van der Waals surface area contributed by atoms with Crippen LogP contribution in [0.5, 0.6) is 5.88 Å². The number of benzene rings is 1. The van der Waals surface area contributed by atoms with E-state index in [1.165, 1.54) is 35.1 Å². The zero-order valence-electron chi connectivity index (χ0n) is 17.1. The van der Waals surface area contributed by atoms with Gasteiger partial charge in [0.2, 0.25) is 11.8 Å². The molecule has 8 nitrogen and oxygen atoms in total. The molecule has 3 aromatic rings. The molecule has 0 unspecified atom stereocenters. The molecule has 5 rings (SSSR count). The van der Waals surface area contributed by atoms with E-state index in [-0.39, 0.29) is 40.0 Å². The van der Waals surface area contributed by atoms with Crippen molar-refractivity contribution in [1.82, 2.24) is 19.9 Å². The fourth-order valence-electron chi connectivity index (χ4n) is 4.83. The van der Waals surface area contributed by atoms with Crippen molar-refractivity contribution in [1.29, 1.82) is 0 Å². The lowest BCUT2D eigenvalue weighted by Crippen LogP contribution is -2.43. The number of aromatic hydroxyl groups is 1. The highest BCUT2D eigenvalue weighted by Gasteiger charge is 2.49. The first-order chi connectivity index (χ1) is 15.4. The van der Waals surface area contributed by atoms with Gasteiger partial charge in [-0.3, -0.25) is 9.59 Å². The second kappa shape index (κ2) is 7.74. The molecule has 2 amide bonds. The maximum Gasteiger partial charge on any atom is 0.256 e. The van der Waals surface area contributed by atoms with Crippen LogP contribution in [-0.2, 0) is 4.79 Å². The molecule has 2 aromatic heterocycles. The van der Waals surface area contributed by atoms with Crippen molar-refractivity contribution in [3.8, 4) is 5.88 Å². The zero-order chi connectivity index (χ0) is 22.5. The SMILES string of the molecule is O=C(NC1CCC2(CC1)CCN(c1ccc(F)cc1Cl)C2=O)c1cnn2c(O)ccnc12. The van der Waals surface area contributed by atoms with Gasteiger partial charge in [0, 0.05) is 24.8 Å². The molecule has 2 N–H and O–H groups in total. The summed E-state index contributed by atoms with van der Waals surface area (Å²) in [5, 5.41) is 17.1. The van der Waals surface area contributed by atoms with Crippen molar-refractivity contribution in [3.63, 3.8) is 0 Å². The van der Waals surface area contributed by atoms with Crippen LogP contribution in [-0.4, -0.2) is 44.1 Å². The summed E-state index contributed by atoms with van der Waals surface area (Å²) in [6.07, 6.45) is 6.14. The highest BCUT2D eigenvalue weighted by molar-refractivity contribution is 6.34. The highest BCUT2D eigenvalue weighted by Crippen LogP contribution is 2.47. The van der Waals surface area contributed by atoms with Crippen molar-refractivity contribution in [2.45, 2.75) is 38.1 Å². The summed E-state index contributed by atoms with van der Waals surface area (Å²) in [6.45, 7) is 0.540. The highest BCUT2D eigenvalue weighted by atomic mass is 35.5. The number of amides is 2. The van der Waals surface area contributed by atoms with Gasteiger partial charge in [0.15, 0.2) is 5.65 Å². The number of halogens is 2. The third kappa shape index (κ3) is 3.37. The van der Waals surface area contributed by atoms with Crippen molar-refractivity contribution in [2.24, 2.45) is 5.41 Å². The summed E-state index contributed by atoms with van der Waals surface area (Å²) in [7, 11) is 0.